The lowest BCUT2D eigenvalue weighted by molar-refractivity contribution is 0.251. The monoisotopic (exact) mass is 311 g/mol. The van der Waals surface area contributed by atoms with Gasteiger partial charge >= 0.3 is 6.03 Å². The fourth-order valence-corrected chi connectivity index (χ4v) is 2.05. The molecule has 0 spiro atoms. The van der Waals surface area contributed by atoms with Crippen LogP contribution in [0.1, 0.15) is 5.56 Å². The largest absolute Gasteiger partial charge is 0.354 e. The summed E-state index contributed by atoms with van der Waals surface area (Å²) in [6.45, 7) is 0.0852. The number of rotatable bonds is 4. The van der Waals surface area contributed by atoms with Crippen molar-refractivity contribution in [1.82, 2.24) is 10.5 Å². The van der Waals surface area contributed by atoms with Gasteiger partial charge in [0.1, 0.15) is 5.82 Å². The lowest BCUT2D eigenvalue weighted by Crippen LogP contribution is -2.28. The zero-order valence-electron chi connectivity index (χ0n) is 12.1. The van der Waals surface area contributed by atoms with Gasteiger partial charge in [-0.05, 0) is 6.07 Å². The summed E-state index contributed by atoms with van der Waals surface area (Å²) in [4.78, 5) is 11.8. The van der Waals surface area contributed by atoms with E-state index in [1.54, 1.807) is 24.3 Å². The van der Waals surface area contributed by atoms with Crippen molar-refractivity contribution in [3.63, 3.8) is 0 Å². The molecule has 3 aromatic rings. The molecule has 0 aliphatic rings. The number of carbonyl (C=O) groups is 1. The van der Waals surface area contributed by atoms with Crippen LogP contribution in [0.4, 0.5) is 15.0 Å². The average Bonchev–Trinajstić information content (AvgIpc) is 3.03. The minimum atomic E-state index is -0.485. The molecule has 0 saturated heterocycles. The Morgan fingerprint density at radius 2 is 1.83 bits per heavy atom. The van der Waals surface area contributed by atoms with Crippen LogP contribution in [0.2, 0.25) is 0 Å². The number of hydrogen-bond donors (Lipinski definition) is 2. The van der Waals surface area contributed by atoms with Crippen LogP contribution in [0.3, 0.4) is 0 Å². The Morgan fingerprint density at radius 3 is 2.61 bits per heavy atom. The molecule has 0 atom stereocenters. The number of nitrogens with one attached hydrogen (secondary N) is 2. The first-order chi connectivity index (χ1) is 11.2. The van der Waals surface area contributed by atoms with Crippen LogP contribution in [-0.4, -0.2) is 11.2 Å². The minimum absolute atomic E-state index is 0.0852. The highest BCUT2D eigenvalue weighted by atomic mass is 19.1. The van der Waals surface area contributed by atoms with Crippen LogP contribution in [0.15, 0.2) is 65.2 Å². The summed E-state index contributed by atoms with van der Waals surface area (Å²) in [6, 6.07) is 16.8. The summed E-state index contributed by atoms with van der Waals surface area (Å²) < 4.78 is 18.6. The average molecular weight is 311 g/mol. The van der Waals surface area contributed by atoms with Gasteiger partial charge in [0.15, 0.2) is 11.6 Å². The number of benzene rings is 2. The third-order valence-corrected chi connectivity index (χ3v) is 3.21. The molecule has 3 rings (SSSR count). The van der Waals surface area contributed by atoms with E-state index >= 15 is 0 Å². The predicted octanol–water partition coefficient (Wildman–Crippen LogP) is 3.80. The van der Waals surface area contributed by atoms with Gasteiger partial charge in [0, 0.05) is 23.7 Å². The van der Waals surface area contributed by atoms with Gasteiger partial charge in [0.05, 0.1) is 0 Å². The summed E-state index contributed by atoms with van der Waals surface area (Å²) in [7, 11) is 0. The number of anilines is 1. The van der Waals surface area contributed by atoms with Gasteiger partial charge in [-0.25, -0.2) is 9.18 Å². The number of hydrogen-bond acceptors (Lipinski definition) is 3. The second kappa shape index (κ2) is 6.74. The summed E-state index contributed by atoms with van der Waals surface area (Å²) in [5.41, 5.74) is 1.27. The van der Waals surface area contributed by atoms with Crippen molar-refractivity contribution < 1.29 is 13.7 Å². The molecule has 0 aliphatic heterocycles. The molecular formula is C17H14FN3O2. The van der Waals surface area contributed by atoms with Gasteiger partial charge in [-0.15, -0.1) is 0 Å². The van der Waals surface area contributed by atoms with E-state index in [1.165, 1.54) is 6.07 Å². The number of halogens is 1. The van der Waals surface area contributed by atoms with E-state index in [-0.39, 0.29) is 18.2 Å². The van der Waals surface area contributed by atoms with E-state index in [1.807, 2.05) is 30.3 Å². The zero-order chi connectivity index (χ0) is 16.1. The maximum absolute atomic E-state index is 13.5. The Kier molecular flexibility index (Phi) is 4.33. The Balaban J connectivity index is 1.58. The van der Waals surface area contributed by atoms with Crippen LogP contribution < -0.4 is 10.6 Å². The molecular weight excluding hydrogens is 297 g/mol. The third kappa shape index (κ3) is 3.74. The second-order valence-corrected chi connectivity index (χ2v) is 4.84. The number of amides is 2. The standard InChI is InChI=1S/C17H14FN3O2/c18-14-9-5-4-8-13(14)11-19-17(22)20-16-10-15(23-21-16)12-6-2-1-3-7-12/h1-10H,11H2,(H2,19,20,21,22). The van der Waals surface area contributed by atoms with Crippen molar-refractivity contribution in [2.24, 2.45) is 0 Å². The molecule has 5 nitrogen and oxygen atoms in total. The molecule has 0 saturated carbocycles. The first-order valence-electron chi connectivity index (χ1n) is 7.03. The first kappa shape index (κ1) is 14.8. The quantitative estimate of drug-likeness (QED) is 0.770. The smallest absolute Gasteiger partial charge is 0.320 e. The molecule has 0 radical (unpaired) electrons. The molecule has 0 fully saturated rings. The minimum Gasteiger partial charge on any atom is -0.354 e. The Labute approximate surface area is 132 Å². The number of carbonyl (C=O) groups excluding carboxylic acids is 1. The van der Waals surface area contributed by atoms with Crippen molar-refractivity contribution in [3.05, 3.63) is 72.0 Å². The van der Waals surface area contributed by atoms with Crippen molar-refractivity contribution in [2.45, 2.75) is 6.54 Å². The van der Waals surface area contributed by atoms with Crippen molar-refractivity contribution in [1.29, 1.82) is 0 Å². The summed E-state index contributed by atoms with van der Waals surface area (Å²) in [6.07, 6.45) is 0. The fraction of sp³-hybridized carbons (Fsp3) is 0.0588. The van der Waals surface area contributed by atoms with E-state index in [0.717, 1.165) is 5.56 Å². The van der Waals surface area contributed by atoms with E-state index in [0.29, 0.717) is 11.3 Å². The molecule has 0 bridgehead atoms. The van der Waals surface area contributed by atoms with Gasteiger partial charge < -0.3 is 9.84 Å². The summed E-state index contributed by atoms with van der Waals surface area (Å²) in [5.74, 6) is 0.477. The molecule has 23 heavy (non-hydrogen) atoms. The SMILES string of the molecule is O=C(NCc1ccccc1F)Nc1cc(-c2ccccc2)on1. The van der Waals surface area contributed by atoms with Gasteiger partial charge in [-0.3, -0.25) is 5.32 Å². The molecule has 1 aromatic heterocycles. The van der Waals surface area contributed by atoms with Crippen molar-refractivity contribution in [3.8, 4) is 11.3 Å². The highest BCUT2D eigenvalue weighted by Gasteiger charge is 2.09. The van der Waals surface area contributed by atoms with Gasteiger partial charge in [-0.1, -0.05) is 53.7 Å². The van der Waals surface area contributed by atoms with Gasteiger partial charge in [0.2, 0.25) is 0 Å². The van der Waals surface area contributed by atoms with E-state index in [4.69, 9.17) is 4.52 Å². The van der Waals surface area contributed by atoms with Crippen molar-refractivity contribution >= 4 is 11.8 Å². The zero-order valence-corrected chi connectivity index (χ0v) is 12.1. The van der Waals surface area contributed by atoms with Crippen LogP contribution in [0, 0.1) is 5.82 Å². The molecule has 1 heterocycles. The number of urea groups is 1. The van der Waals surface area contributed by atoms with E-state index in [9.17, 15) is 9.18 Å². The van der Waals surface area contributed by atoms with Gasteiger partial charge in [0.25, 0.3) is 0 Å². The normalized spacial score (nSPS) is 10.3. The molecule has 116 valence electrons. The first-order valence-corrected chi connectivity index (χ1v) is 7.03. The Bertz CT molecular complexity index is 802. The maximum Gasteiger partial charge on any atom is 0.320 e. The molecule has 0 unspecified atom stereocenters. The lowest BCUT2D eigenvalue weighted by atomic mass is 10.2. The predicted molar refractivity (Wildman–Crippen MR) is 84.2 cm³/mol. The Morgan fingerprint density at radius 1 is 1.09 bits per heavy atom. The molecule has 2 aromatic carbocycles. The topological polar surface area (TPSA) is 67.2 Å². The Hall–Kier alpha value is -3.15. The van der Waals surface area contributed by atoms with Crippen LogP contribution in [0.5, 0.6) is 0 Å². The van der Waals surface area contributed by atoms with Crippen molar-refractivity contribution in [2.75, 3.05) is 5.32 Å². The maximum atomic E-state index is 13.5. The fourth-order valence-electron chi connectivity index (χ4n) is 2.05. The third-order valence-electron chi connectivity index (χ3n) is 3.21. The second-order valence-electron chi connectivity index (χ2n) is 4.84. The molecule has 6 heteroatoms. The molecule has 2 amide bonds. The van der Waals surface area contributed by atoms with Crippen LogP contribution in [0.25, 0.3) is 11.3 Å². The molecule has 2 N–H and O–H groups in total. The van der Waals surface area contributed by atoms with Gasteiger partial charge in [-0.2, -0.15) is 0 Å². The van der Waals surface area contributed by atoms with E-state index in [2.05, 4.69) is 15.8 Å². The van der Waals surface area contributed by atoms with E-state index < -0.39 is 6.03 Å². The lowest BCUT2D eigenvalue weighted by Gasteiger charge is -2.05. The number of nitrogens with zero attached hydrogens (tertiary/aromatic N) is 1. The number of aromatic nitrogens is 1. The van der Waals surface area contributed by atoms with Crippen LogP contribution in [-0.2, 0) is 6.54 Å². The highest BCUT2D eigenvalue weighted by Crippen LogP contribution is 2.21. The van der Waals surface area contributed by atoms with Crippen LogP contribution >= 0.6 is 0 Å². The highest BCUT2D eigenvalue weighted by molar-refractivity contribution is 5.88. The summed E-state index contributed by atoms with van der Waals surface area (Å²) in [5, 5.41) is 8.89. The molecule has 0 aliphatic carbocycles. The summed E-state index contributed by atoms with van der Waals surface area (Å²) >= 11 is 0.